The second-order valence-corrected chi connectivity index (χ2v) is 9.41. The molecule has 1 N–H and O–H groups in total. The number of thiophene rings is 2. The van der Waals surface area contributed by atoms with Crippen LogP contribution in [0.15, 0.2) is 39.4 Å². The zero-order valence-electron chi connectivity index (χ0n) is 18.5. The molecule has 0 atom stereocenters. The SMILES string of the molecule is CCOC(=O)c1c(-c2cccs2)csc1NC(=O)CN1CCN(C(=O)c2ccc(C)o2)CC1. The fourth-order valence-corrected chi connectivity index (χ4v) is 5.44. The number of rotatable bonds is 7. The predicted molar refractivity (Wildman–Crippen MR) is 128 cm³/mol. The number of esters is 1. The van der Waals surface area contributed by atoms with Gasteiger partial charge < -0.3 is 19.4 Å². The molecule has 3 aromatic rings. The molecule has 0 bridgehead atoms. The molecule has 2 amide bonds. The fourth-order valence-electron chi connectivity index (χ4n) is 3.65. The Morgan fingerprint density at radius 3 is 2.55 bits per heavy atom. The summed E-state index contributed by atoms with van der Waals surface area (Å²) in [7, 11) is 0. The van der Waals surface area contributed by atoms with Crippen LogP contribution in [0.1, 0.15) is 33.6 Å². The first kappa shape index (κ1) is 23.2. The van der Waals surface area contributed by atoms with E-state index in [4.69, 9.17) is 9.15 Å². The Labute approximate surface area is 199 Å². The van der Waals surface area contributed by atoms with Gasteiger partial charge in [-0.2, -0.15) is 0 Å². The molecule has 0 spiro atoms. The highest BCUT2D eigenvalue weighted by molar-refractivity contribution is 7.17. The largest absolute Gasteiger partial charge is 0.462 e. The molecule has 0 aliphatic carbocycles. The molecule has 10 heteroatoms. The minimum Gasteiger partial charge on any atom is -0.462 e. The van der Waals surface area contributed by atoms with E-state index >= 15 is 0 Å². The molecule has 174 valence electrons. The Morgan fingerprint density at radius 2 is 1.91 bits per heavy atom. The van der Waals surface area contributed by atoms with E-state index in [-0.39, 0.29) is 25.0 Å². The lowest BCUT2D eigenvalue weighted by Crippen LogP contribution is -2.50. The number of piperazine rings is 1. The highest BCUT2D eigenvalue weighted by atomic mass is 32.1. The Balaban J connectivity index is 1.36. The van der Waals surface area contributed by atoms with Crippen molar-refractivity contribution < 1.29 is 23.5 Å². The van der Waals surface area contributed by atoms with Crippen molar-refractivity contribution in [3.8, 4) is 10.4 Å². The third kappa shape index (κ3) is 5.35. The van der Waals surface area contributed by atoms with Crippen molar-refractivity contribution in [3.63, 3.8) is 0 Å². The van der Waals surface area contributed by atoms with Gasteiger partial charge in [0, 0.05) is 42.0 Å². The summed E-state index contributed by atoms with van der Waals surface area (Å²) in [5.74, 6) is 0.251. The molecule has 4 rings (SSSR count). The summed E-state index contributed by atoms with van der Waals surface area (Å²) in [6.07, 6.45) is 0. The van der Waals surface area contributed by atoms with Gasteiger partial charge in [-0.1, -0.05) is 6.07 Å². The van der Waals surface area contributed by atoms with Crippen LogP contribution >= 0.6 is 22.7 Å². The Morgan fingerprint density at radius 1 is 1.12 bits per heavy atom. The van der Waals surface area contributed by atoms with Crippen molar-refractivity contribution in [3.05, 3.63) is 52.1 Å². The monoisotopic (exact) mass is 487 g/mol. The number of hydrogen-bond acceptors (Lipinski definition) is 8. The maximum absolute atomic E-state index is 12.8. The van der Waals surface area contributed by atoms with Crippen LogP contribution in [-0.2, 0) is 9.53 Å². The molecule has 33 heavy (non-hydrogen) atoms. The molecular weight excluding hydrogens is 462 g/mol. The topological polar surface area (TPSA) is 92.1 Å². The first-order chi connectivity index (χ1) is 16.0. The van der Waals surface area contributed by atoms with Gasteiger partial charge in [-0.25, -0.2) is 4.79 Å². The van der Waals surface area contributed by atoms with E-state index in [0.717, 1.165) is 10.4 Å². The highest BCUT2D eigenvalue weighted by Crippen LogP contribution is 2.38. The Kier molecular flexibility index (Phi) is 7.26. The molecule has 1 fully saturated rings. The van der Waals surface area contributed by atoms with Crippen molar-refractivity contribution in [1.29, 1.82) is 0 Å². The molecule has 0 radical (unpaired) electrons. The van der Waals surface area contributed by atoms with E-state index in [2.05, 4.69) is 5.32 Å². The average Bonchev–Trinajstić information content (AvgIpc) is 3.55. The number of nitrogens with one attached hydrogen (secondary N) is 1. The van der Waals surface area contributed by atoms with E-state index in [1.54, 1.807) is 30.9 Å². The number of hydrogen-bond donors (Lipinski definition) is 1. The Hall–Kier alpha value is -2.95. The van der Waals surface area contributed by atoms with Gasteiger partial charge in [0.2, 0.25) is 5.91 Å². The quantitative estimate of drug-likeness (QED) is 0.508. The van der Waals surface area contributed by atoms with Crippen LogP contribution in [0.5, 0.6) is 0 Å². The maximum Gasteiger partial charge on any atom is 0.341 e. The smallest absolute Gasteiger partial charge is 0.341 e. The first-order valence-corrected chi connectivity index (χ1v) is 12.4. The second kappa shape index (κ2) is 10.3. The van der Waals surface area contributed by atoms with E-state index in [1.807, 2.05) is 27.8 Å². The van der Waals surface area contributed by atoms with Crippen LogP contribution in [0, 0.1) is 6.92 Å². The number of anilines is 1. The zero-order valence-corrected chi connectivity index (χ0v) is 20.1. The van der Waals surface area contributed by atoms with E-state index < -0.39 is 5.97 Å². The lowest BCUT2D eigenvalue weighted by Gasteiger charge is -2.33. The van der Waals surface area contributed by atoms with Crippen molar-refractivity contribution in [2.75, 3.05) is 44.6 Å². The number of ether oxygens (including phenoxy) is 1. The van der Waals surface area contributed by atoms with Gasteiger partial charge in [0.15, 0.2) is 5.76 Å². The third-order valence-electron chi connectivity index (χ3n) is 5.29. The van der Waals surface area contributed by atoms with E-state index in [0.29, 0.717) is 48.3 Å². The molecule has 0 saturated carbocycles. The number of furan rings is 1. The van der Waals surface area contributed by atoms with Crippen LogP contribution in [-0.4, -0.2) is 66.9 Å². The molecular formula is C23H25N3O5S2. The number of aryl methyl sites for hydroxylation is 1. The van der Waals surface area contributed by atoms with Gasteiger partial charge in [-0.05, 0) is 37.4 Å². The van der Waals surface area contributed by atoms with Gasteiger partial charge in [0.1, 0.15) is 16.3 Å². The normalized spacial score (nSPS) is 14.3. The van der Waals surface area contributed by atoms with Crippen LogP contribution in [0.2, 0.25) is 0 Å². The third-order valence-corrected chi connectivity index (χ3v) is 7.09. The second-order valence-electron chi connectivity index (χ2n) is 7.58. The number of amides is 2. The summed E-state index contributed by atoms with van der Waals surface area (Å²) < 4.78 is 10.7. The van der Waals surface area contributed by atoms with Gasteiger partial charge in [0.25, 0.3) is 5.91 Å². The van der Waals surface area contributed by atoms with Gasteiger partial charge in [-0.3, -0.25) is 14.5 Å². The summed E-state index contributed by atoms with van der Waals surface area (Å²) in [6, 6.07) is 7.31. The summed E-state index contributed by atoms with van der Waals surface area (Å²) in [6.45, 7) is 6.18. The summed E-state index contributed by atoms with van der Waals surface area (Å²) >= 11 is 2.84. The number of carbonyl (C=O) groups is 3. The van der Waals surface area contributed by atoms with E-state index in [1.165, 1.54) is 22.7 Å². The molecule has 0 aromatic carbocycles. The standard InChI is InChI=1S/C23H25N3O5S2/c1-3-30-23(29)20-16(18-5-4-12-32-18)14-33-21(20)24-19(27)13-25-8-10-26(11-9-25)22(28)17-7-6-15(2)31-17/h4-7,12,14H,3,8-11,13H2,1-2H3,(H,24,27). The summed E-state index contributed by atoms with van der Waals surface area (Å²) in [5, 5.41) is 7.19. The maximum atomic E-state index is 12.8. The zero-order chi connectivity index (χ0) is 23.4. The molecule has 4 heterocycles. The fraction of sp³-hybridized carbons (Fsp3) is 0.348. The molecule has 3 aromatic heterocycles. The summed E-state index contributed by atoms with van der Waals surface area (Å²) in [5.41, 5.74) is 1.16. The number of nitrogens with zero attached hydrogens (tertiary/aromatic N) is 2. The van der Waals surface area contributed by atoms with Crippen molar-refractivity contribution in [1.82, 2.24) is 9.80 Å². The van der Waals surface area contributed by atoms with Gasteiger partial charge in [-0.15, -0.1) is 22.7 Å². The lowest BCUT2D eigenvalue weighted by atomic mass is 10.1. The average molecular weight is 488 g/mol. The molecule has 0 unspecified atom stereocenters. The van der Waals surface area contributed by atoms with E-state index in [9.17, 15) is 14.4 Å². The van der Waals surface area contributed by atoms with Gasteiger partial charge >= 0.3 is 5.97 Å². The minimum absolute atomic E-state index is 0.133. The van der Waals surface area contributed by atoms with Crippen LogP contribution in [0.25, 0.3) is 10.4 Å². The van der Waals surface area contributed by atoms with Crippen molar-refractivity contribution in [2.45, 2.75) is 13.8 Å². The molecule has 1 aliphatic heterocycles. The van der Waals surface area contributed by atoms with Crippen molar-refractivity contribution in [2.24, 2.45) is 0 Å². The molecule has 8 nitrogen and oxygen atoms in total. The van der Waals surface area contributed by atoms with Crippen molar-refractivity contribution >= 4 is 45.5 Å². The van der Waals surface area contributed by atoms with Crippen LogP contribution < -0.4 is 5.32 Å². The van der Waals surface area contributed by atoms with Crippen LogP contribution in [0.3, 0.4) is 0 Å². The lowest BCUT2D eigenvalue weighted by molar-refractivity contribution is -0.117. The van der Waals surface area contributed by atoms with Gasteiger partial charge in [0.05, 0.1) is 13.2 Å². The Bertz CT molecular complexity index is 1130. The first-order valence-electron chi connectivity index (χ1n) is 10.7. The summed E-state index contributed by atoms with van der Waals surface area (Å²) in [4.78, 5) is 42.6. The highest BCUT2D eigenvalue weighted by Gasteiger charge is 2.27. The molecule has 1 aliphatic rings. The predicted octanol–water partition coefficient (Wildman–Crippen LogP) is 3.95. The minimum atomic E-state index is -0.447. The van der Waals surface area contributed by atoms with Crippen LogP contribution in [0.4, 0.5) is 5.00 Å². The molecule has 1 saturated heterocycles. The number of carbonyl (C=O) groups excluding carboxylic acids is 3.